The summed E-state index contributed by atoms with van der Waals surface area (Å²) in [6.45, 7) is 0. The van der Waals surface area contributed by atoms with Crippen LogP contribution in [0.1, 0.15) is 26.3 Å². The third-order valence-electron chi connectivity index (χ3n) is 7.93. The van der Waals surface area contributed by atoms with E-state index in [0.717, 1.165) is 42.5 Å². The molecule has 0 saturated heterocycles. The van der Waals surface area contributed by atoms with Crippen molar-refractivity contribution in [3.8, 4) is 11.9 Å². The van der Waals surface area contributed by atoms with Crippen LogP contribution in [0.3, 0.4) is 0 Å². The van der Waals surface area contributed by atoms with Gasteiger partial charge in [-0.1, -0.05) is 29.8 Å². The van der Waals surface area contributed by atoms with E-state index in [-0.39, 0.29) is 135 Å². The molecule has 0 atom stereocenters. The van der Waals surface area contributed by atoms with E-state index >= 15 is 0 Å². The maximum absolute atomic E-state index is 14.0. The van der Waals surface area contributed by atoms with Gasteiger partial charge in [0, 0.05) is 27.9 Å². The molecule has 0 saturated carbocycles. The number of anilines is 4. The Hall–Kier alpha value is -2.10. The van der Waals surface area contributed by atoms with Crippen LogP contribution in [0, 0.1) is 0 Å². The van der Waals surface area contributed by atoms with Gasteiger partial charge in [-0.05, 0) is 60.2 Å². The van der Waals surface area contributed by atoms with Gasteiger partial charge in [-0.25, -0.2) is 21.8 Å². The minimum Gasteiger partial charge on any atom is -0.857 e. The smallest absolute Gasteiger partial charge is 0.857 e. The molecule has 6 rings (SSSR count). The van der Waals surface area contributed by atoms with Crippen molar-refractivity contribution in [3.05, 3.63) is 93.5 Å². The standard InChI is InChI=1S/C31H21ClN6O16S4.4Na/c32-28-25(30(41)36-31(42)35-28)33-15-6-4-13(5-7-15)29(40)34-20-12-16(55(43,44)45)10-14-11-22(57(49,50)51)24(26(39)23(14)20)38-37-19-9-8-17-18(27(19)58(52,53)54)2-1-3-21(17)56(46,47)48;;;;/h1-12,33,37H,(H,34,40)(H,43,44,45)(H,46,47,48)(H,49,50,51)(H,52,53,54)(H2,35,36,41,42);;;;/q;4*+1/p-4/b38-24+;;;;. The molecule has 1 aliphatic carbocycles. The van der Waals surface area contributed by atoms with Gasteiger partial charge in [0.15, 0.2) is 10.9 Å². The Labute approximate surface area is 444 Å². The second-order valence-electron chi connectivity index (χ2n) is 11.6. The molecule has 0 spiro atoms. The second-order valence-corrected chi connectivity index (χ2v) is 17.5. The molecule has 62 heavy (non-hydrogen) atoms. The molecule has 0 bridgehead atoms. The number of nitrogens with one attached hydrogen (secondary N) is 3. The number of nitrogens with zero attached hydrogens (tertiary/aromatic N) is 3. The van der Waals surface area contributed by atoms with E-state index in [2.05, 4.69) is 31.1 Å². The minimum absolute atomic E-state index is 0. The van der Waals surface area contributed by atoms with Gasteiger partial charge < -0.3 is 30.0 Å². The van der Waals surface area contributed by atoms with E-state index in [9.17, 15) is 71.7 Å². The Bertz CT molecular complexity index is 3160. The molecular weight excluding hydrogens is 968 g/mol. The molecule has 302 valence electrons. The zero-order valence-electron chi connectivity index (χ0n) is 31.9. The quantitative estimate of drug-likeness (QED) is 0.0375. The average Bonchev–Trinajstić information content (AvgIpc) is 3.10. The molecule has 0 radical (unpaired) electrons. The second kappa shape index (κ2) is 21.0. The van der Waals surface area contributed by atoms with Gasteiger partial charge in [-0.2, -0.15) is 21.9 Å². The fourth-order valence-electron chi connectivity index (χ4n) is 5.54. The molecular formula is C31H17ClN6Na4O16S4. The van der Waals surface area contributed by atoms with E-state index in [0.29, 0.717) is 18.2 Å². The Kier molecular flexibility index (Phi) is 19.0. The van der Waals surface area contributed by atoms with Crippen LogP contribution in [0.25, 0.3) is 16.8 Å². The number of carbonyl (C=O) groups excluding carboxylic acids is 2. The van der Waals surface area contributed by atoms with Crippen LogP contribution in [-0.2, 0) is 40.5 Å². The predicted molar refractivity (Wildman–Crippen MR) is 195 cm³/mol. The normalized spacial score (nSPS) is 13.3. The van der Waals surface area contributed by atoms with Crippen LogP contribution in [0.5, 0.6) is 11.9 Å². The van der Waals surface area contributed by atoms with Crippen molar-refractivity contribution in [1.29, 1.82) is 0 Å². The number of amides is 1. The van der Waals surface area contributed by atoms with E-state index < -0.39 is 128 Å². The molecule has 31 heteroatoms. The number of ketones is 1. The summed E-state index contributed by atoms with van der Waals surface area (Å²) in [5.41, 5.74) is -2.40. The summed E-state index contributed by atoms with van der Waals surface area (Å²) in [5.74, 6) is -3.59. The SMILES string of the molecule is O=C(Nc1cc(S(=O)(=O)[O-])cc2c1C(=O)/C(=N/Nc1ccc3c(S(=O)(=O)[O-])cccc3c1S(=O)(=O)O)C(S(=O)(=O)O)=C2)c1ccc(Nc2c([O-])nc([O-])nc2Cl)cc1.[Na+].[Na+].[Na+].[Na+]. The van der Waals surface area contributed by atoms with Gasteiger partial charge in [0.25, 0.3) is 26.1 Å². The summed E-state index contributed by atoms with van der Waals surface area (Å²) in [7, 11) is -21.4. The molecule has 1 aliphatic rings. The number of hydrogen-bond donors (Lipinski definition) is 5. The van der Waals surface area contributed by atoms with Gasteiger partial charge in [-0.15, -0.1) is 0 Å². The molecule has 0 unspecified atom stereocenters. The van der Waals surface area contributed by atoms with Crippen LogP contribution in [0.2, 0.25) is 5.15 Å². The van der Waals surface area contributed by atoms with E-state index in [1.54, 1.807) is 0 Å². The number of allylic oxidation sites excluding steroid dienone is 1. The number of hydrazone groups is 1. The molecule has 5 aromatic rings. The summed E-state index contributed by atoms with van der Waals surface area (Å²) >= 11 is 5.84. The summed E-state index contributed by atoms with van der Waals surface area (Å²) in [4.78, 5) is 29.5. The molecule has 1 heterocycles. The fraction of sp³-hybridized carbons (Fsp3) is 0. The third-order valence-corrected chi connectivity index (χ3v) is 11.7. The minimum atomic E-state index is -5.48. The van der Waals surface area contributed by atoms with Crippen LogP contribution in [-0.4, -0.2) is 79.3 Å². The molecule has 0 aliphatic heterocycles. The Balaban J connectivity index is 0.00000331. The molecule has 22 nitrogen and oxygen atoms in total. The number of fused-ring (bicyclic) bond motifs is 2. The number of benzene rings is 4. The Morgan fingerprint density at radius 2 is 1.39 bits per heavy atom. The van der Waals surface area contributed by atoms with Crippen molar-refractivity contribution >= 4 is 109 Å². The first-order valence-corrected chi connectivity index (χ1v) is 21.2. The number of hydrogen-bond acceptors (Lipinski definition) is 19. The van der Waals surface area contributed by atoms with Crippen LogP contribution in [0.15, 0.2) is 91.4 Å². The number of rotatable bonds is 10. The maximum atomic E-state index is 14.0. The van der Waals surface area contributed by atoms with E-state index in [4.69, 9.17) is 11.6 Å². The Morgan fingerprint density at radius 1 is 0.758 bits per heavy atom. The first-order valence-electron chi connectivity index (χ1n) is 15.2. The van der Waals surface area contributed by atoms with Gasteiger partial charge in [0.05, 0.1) is 38.4 Å². The van der Waals surface area contributed by atoms with Crippen molar-refractivity contribution < 1.29 is 190 Å². The molecule has 4 aromatic carbocycles. The third kappa shape index (κ3) is 12.2. The predicted octanol–water partition coefficient (Wildman–Crippen LogP) is -10.6. The van der Waals surface area contributed by atoms with Crippen molar-refractivity contribution in [3.63, 3.8) is 0 Å². The zero-order chi connectivity index (χ0) is 42.7. The monoisotopic (exact) mass is 984 g/mol. The molecule has 5 N–H and O–H groups in total. The Morgan fingerprint density at radius 3 is 1.94 bits per heavy atom. The summed E-state index contributed by atoms with van der Waals surface area (Å²) < 4.78 is 142. The topological polar surface area (TPSA) is 378 Å². The molecule has 1 aromatic heterocycles. The van der Waals surface area contributed by atoms with Crippen LogP contribution in [0.4, 0.5) is 22.7 Å². The summed E-state index contributed by atoms with van der Waals surface area (Å²) in [6, 6.07) is 9.31. The fourth-order valence-corrected chi connectivity index (χ4v) is 8.47. The number of Topliss-reactive ketones (excluding diaryl/α,β-unsaturated/α-hetero) is 1. The number of aromatic nitrogens is 2. The van der Waals surface area contributed by atoms with E-state index in [1.807, 2.05) is 0 Å². The van der Waals surface area contributed by atoms with Crippen LogP contribution < -0.4 is 145 Å². The van der Waals surface area contributed by atoms with Gasteiger partial charge in [-0.3, -0.25) is 29.1 Å². The van der Waals surface area contributed by atoms with Gasteiger partial charge in [0.2, 0.25) is 5.78 Å². The van der Waals surface area contributed by atoms with Crippen molar-refractivity contribution in [2.24, 2.45) is 5.10 Å². The zero-order valence-corrected chi connectivity index (χ0v) is 43.9. The maximum Gasteiger partial charge on any atom is 1.00 e. The number of halogens is 1. The van der Waals surface area contributed by atoms with Gasteiger partial charge >= 0.3 is 118 Å². The van der Waals surface area contributed by atoms with Gasteiger partial charge in [0.1, 0.15) is 30.0 Å². The average molecular weight is 985 g/mol. The van der Waals surface area contributed by atoms with Crippen molar-refractivity contribution in [1.82, 2.24) is 9.97 Å². The summed E-state index contributed by atoms with van der Waals surface area (Å²) in [6.07, 6.45) is 0.505. The molecule has 1 amide bonds. The van der Waals surface area contributed by atoms with Crippen molar-refractivity contribution in [2.45, 2.75) is 14.7 Å². The number of carbonyl (C=O) groups is 2. The first-order chi connectivity index (χ1) is 26.8. The van der Waals surface area contributed by atoms with Crippen LogP contribution >= 0.6 is 11.6 Å². The van der Waals surface area contributed by atoms with E-state index in [1.165, 1.54) is 12.1 Å². The largest absolute Gasteiger partial charge is 1.00 e. The first kappa shape index (κ1) is 56.0. The van der Waals surface area contributed by atoms with Crippen molar-refractivity contribution in [2.75, 3.05) is 16.1 Å². The summed E-state index contributed by atoms with van der Waals surface area (Å²) in [5, 5.41) is 30.3. The molecule has 0 fully saturated rings.